The maximum Gasteiger partial charge on any atom is 0.341 e. The molecule has 3 aromatic rings. The van der Waals surface area contributed by atoms with Gasteiger partial charge in [0.1, 0.15) is 17.2 Å². The Morgan fingerprint density at radius 2 is 2.00 bits per heavy atom. The second-order valence-electron chi connectivity index (χ2n) is 7.66. The Labute approximate surface area is 174 Å². The Morgan fingerprint density at radius 3 is 2.61 bits per heavy atom. The number of aromatic carboxylic acids is 1. The number of nitrogens with two attached hydrogens (primary N) is 1. The maximum atomic E-state index is 14.9. The molecule has 2 atom stereocenters. The molecule has 1 saturated heterocycles. The van der Waals surface area contributed by atoms with E-state index in [1.54, 1.807) is 4.90 Å². The van der Waals surface area contributed by atoms with Gasteiger partial charge in [0.25, 0.3) is 0 Å². The summed E-state index contributed by atoms with van der Waals surface area (Å²) in [5.74, 6) is -4.11. The lowest BCUT2D eigenvalue weighted by Crippen LogP contribution is -2.30. The molecule has 3 heterocycles. The normalized spacial score (nSPS) is 17.3. The van der Waals surface area contributed by atoms with Crippen LogP contribution >= 0.6 is 0 Å². The molecule has 1 aliphatic rings. The van der Waals surface area contributed by atoms with Gasteiger partial charge in [-0.3, -0.25) is 9.36 Å². The number of carboxylic acid groups (broad SMARTS) is 1. The van der Waals surface area contributed by atoms with Crippen LogP contribution in [0.1, 0.15) is 23.7 Å². The smallest absolute Gasteiger partial charge is 0.341 e. The Bertz CT molecular complexity index is 1260. The molecule has 0 spiro atoms. The van der Waals surface area contributed by atoms with Crippen LogP contribution in [0.15, 0.2) is 35.3 Å². The van der Waals surface area contributed by atoms with E-state index in [-0.39, 0.29) is 34.5 Å². The molecule has 1 fully saturated rings. The molecule has 162 valence electrons. The fourth-order valence-electron chi connectivity index (χ4n) is 3.86. The van der Waals surface area contributed by atoms with Crippen molar-refractivity contribution < 1.29 is 23.1 Å². The van der Waals surface area contributed by atoms with E-state index in [0.717, 1.165) is 35.4 Å². The van der Waals surface area contributed by atoms with E-state index in [9.17, 15) is 27.9 Å². The van der Waals surface area contributed by atoms with Crippen molar-refractivity contribution in [3.63, 3.8) is 0 Å². The number of hydrogen-bond acceptors (Lipinski definition) is 5. The molecule has 10 heteroatoms. The first-order valence-corrected chi connectivity index (χ1v) is 9.62. The molecule has 2 aromatic heterocycles. The standard InChI is InChI=1S/C21H19F3N4O3/c1-10(25)11-4-5-27(8-11)20-16(24)7-13-18(29)14(21(30)31)9-28(19(13)26-20)17-3-2-12(22)6-15(17)23/h2-3,6-7,9-11H,4-5,8,25H2,1H3,(H,30,31)/t10-,11+/m1/s1. The molecule has 1 aromatic carbocycles. The van der Waals surface area contributed by atoms with Crippen LogP contribution in [0.2, 0.25) is 0 Å². The summed E-state index contributed by atoms with van der Waals surface area (Å²) in [5, 5.41) is 9.06. The lowest BCUT2D eigenvalue weighted by atomic mass is 10.0. The van der Waals surface area contributed by atoms with Gasteiger partial charge in [-0.05, 0) is 37.5 Å². The molecule has 0 unspecified atom stereocenters. The third kappa shape index (κ3) is 3.63. The third-order valence-electron chi connectivity index (χ3n) is 5.58. The number of anilines is 1. The van der Waals surface area contributed by atoms with Gasteiger partial charge in [0.2, 0.25) is 5.43 Å². The summed E-state index contributed by atoms with van der Waals surface area (Å²) in [7, 11) is 0. The molecule has 1 aliphatic heterocycles. The van der Waals surface area contributed by atoms with Crippen LogP contribution in [0, 0.1) is 23.4 Å². The van der Waals surface area contributed by atoms with Crippen molar-refractivity contribution in [2.24, 2.45) is 11.7 Å². The van der Waals surface area contributed by atoms with Crippen molar-refractivity contribution in [1.29, 1.82) is 0 Å². The summed E-state index contributed by atoms with van der Waals surface area (Å²) < 4.78 is 43.9. The number of fused-ring (bicyclic) bond motifs is 1. The lowest BCUT2D eigenvalue weighted by Gasteiger charge is -2.21. The molecule has 0 aliphatic carbocycles. The van der Waals surface area contributed by atoms with Crippen LogP contribution in [-0.2, 0) is 0 Å². The molecular formula is C21H19F3N4O3. The number of nitrogens with zero attached hydrogens (tertiary/aromatic N) is 3. The van der Waals surface area contributed by atoms with Gasteiger partial charge in [0.05, 0.1) is 11.1 Å². The quantitative estimate of drug-likeness (QED) is 0.658. The fourth-order valence-corrected chi connectivity index (χ4v) is 3.86. The largest absolute Gasteiger partial charge is 0.477 e. The van der Waals surface area contributed by atoms with E-state index in [4.69, 9.17) is 5.73 Å². The predicted molar refractivity (Wildman–Crippen MR) is 108 cm³/mol. The topological polar surface area (TPSA) is 101 Å². The molecule has 3 N–H and O–H groups in total. The van der Waals surface area contributed by atoms with E-state index in [1.807, 2.05) is 6.92 Å². The summed E-state index contributed by atoms with van der Waals surface area (Å²) in [6.45, 7) is 2.81. The summed E-state index contributed by atoms with van der Waals surface area (Å²) in [4.78, 5) is 30.1. The Kier molecular flexibility index (Phi) is 5.18. The number of rotatable bonds is 4. The average Bonchev–Trinajstić information content (AvgIpc) is 3.19. The van der Waals surface area contributed by atoms with E-state index >= 15 is 0 Å². The predicted octanol–water partition coefficient (Wildman–Crippen LogP) is 2.67. The highest BCUT2D eigenvalue weighted by molar-refractivity contribution is 5.92. The van der Waals surface area contributed by atoms with Crippen molar-refractivity contribution in [3.8, 4) is 5.69 Å². The van der Waals surface area contributed by atoms with Gasteiger partial charge in [-0.15, -0.1) is 0 Å². The van der Waals surface area contributed by atoms with Gasteiger partial charge < -0.3 is 15.7 Å². The molecule has 0 radical (unpaired) electrons. The number of aromatic nitrogens is 2. The summed E-state index contributed by atoms with van der Waals surface area (Å²) in [6, 6.07) is 3.51. The highest BCUT2D eigenvalue weighted by atomic mass is 19.1. The number of halogens is 3. The SMILES string of the molecule is C[C@@H](N)[C@H]1CCN(c2nc3c(cc2F)c(=O)c(C(=O)O)cn3-c2ccc(F)cc2F)C1. The Balaban J connectivity index is 1.98. The van der Waals surface area contributed by atoms with Gasteiger partial charge in [-0.1, -0.05) is 0 Å². The highest BCUT2D eigenvalue weighted by Crippen LogP contribution is 2.29. The minimum Gasteiger partial charge on any atom is -0.477 e. The van der Waals surface area contributed by atoms with Crippen LogP contribution in [0.5, 0.6) is 0 Å². The molecule has 7 nitrogen and oxygen atoms in total. The number of benzene rings is 1. The van der Waals surface area contributed by atoms with Gasteiger partial charge in [0.15, 0.2) is 17.3 Å². The first-order valence-electron chi connectivity index (χ1n) is 9.62. The van der Waals surface area contributed by atoms with Crippen molar-refractivity contribution in [2.45, 2.75) is 19.4 Å². The maximum absolute atomic E-state index is 14.9. The van der Waals surface area contributed by atoms with E-state index in [2.05, 4.69) is 4.98 Å². The molecule has 0 amide bonds. The second kappa shape index (κ2) is 7.69. The van der Waals surface area contributed by atoms with Crippen molar-refractivity contribution in [1.82, 2.24) is 9.55 Å². The van der Waals surface area contributed by atoms with Crippen molar-refractivity contribution >= 4 is 22.8 Å². The second-order valence-corrected chi connectivity index (χ2v) is 7.66. The monoisotopic (exact) mass is 432 g/mol. The number of pyridine rings is 2. The fraction of sp³-hybridized carbons (Fsp3) is 0.286. The Morgan fingerprint density at radius 1 is 1.26 bits per heavy atom. The number of hydrogen-bond donors (Lipinski definition) is 2. The zero-order valence-electron chi connectivity index (χ0n) is 16.5. The first kappa shape index (κ1) is 20.9. The average molecular weight is 432 g/mol. The van der Waals surface area contributed by atoms with E-state index < -0.39 is 34.4 Å². The van der Waals surface area contributed by atoms with Crippen LogP contribution < -0.4 is 16.1 Å². The zero-order chi connectivity index (χ0) is 22.4. The molecule has 0 saturated carbocycles. The van der Waals surface area contributed by atoms with Crippen LogP contribution in [0.25, 0.3) is 16.7 Å². The minimum atomic E-state index is -1.56. The van der Waals surface area contributed by atoms with Crippen molar-refractivity contribution in [2.75, 3.05) is 18.0 Å². The summed E-state index contributed by atoms with van der Waals surface area (Å²) in [6.07, 6.45) is 1.64. The minimum absolute atomic E-state index is 0.0469. The number of carbonyl (C=O) groups is 1. The summed E-state index contributed by atoms with van der Waals surface area (Å²) >= 11 is 0. The van der Waals surface area contributed by atoms with Crippen LogP contribution in [0.3, 0.4) is 0 Å². The molecule has 4 rings (SSSR count). The zero-order valence-corrected chi connectivity index (χ0v) is 16.5. The first-order chi connectivity index (χ1) is 14.7. The molecule has 0 bridgehead atoms. The van der Waals surface area contributed by atoms with Gasteiger partial charge in [-0.2, -0.15) is 0 Å². The van der Waals surface area contributed by atoms with Crippen LogP contribution in [0.4, 0.5) is 19.0 Å². The van der Waals surface area contributed by atoms with Gasteiger partial charge >= 0.3 is 5.97 Å². The number of carboxylic acids is 1. The Hall–Kier alpha value is -3.40. The highest BCUT2D eigenvalue weighted by Gasteiger charge is 2.29. The van der Waals surface area contributed by atoms with E-state index in [0.29, 0.717) is 19.2 Å². The van der Waals surface area contributed by atoms with Crippen LogP contribution in [-0.4, -0.2) is 39.8 Å². The van der Waals surface area contributed by atoms with Gasteiger partial charge in [0, 0.05) is 31.4 Å². The summed E-state index contributed by atoms with van der Waals surface area (Å²) in [5.41, 5.74) is 3.94. The van der Waals surface area contributed by atoms with Crippen molar-refractivity contribution in [3.05, 3.63) is 63.7 Å². The van der Waals surface area contributed by atoms with E-state index in [1.165, 1.54) is 0 Å². The molecular weight excluding hydrogens is 413 g/mol. The lowest BCUT2D eigenvalue weighted by molar-refractivity contribution is 0.0695. The molecule has 31 heavy (non-hydrogen) atoms. The third-order valence-corrected chi connectivity index (χ3v) is 5.58. The van der Waals surface area contributed by atoms with Gasteiger partial charge in [-0.25, -0.2) is 22.9 Å².